The number of aliphatic hydroxyl groups excluding tert-OH is 1. The standard InChI is InChI=1S/C25H26ClNO3/c26-22-11-5-9-20(16-22)24(28)13-2-1-3-14-27-23-12-6-8-19(17-23)18-7-4-10-21(15-18)25(29)30/h4-12,15-17,24,27-28H,1-3,13-14H2,(H,29,30)/t24-/m0/s1. The van der Waals surface area contributed by atoms with E-state index >= 15 is 0 Å². The van der Waals surface area contributed by atoms with Gasteiger partial charge in [-0.15, -0.1) is 0 Å². The van der Waals surface area contributed by atoms with Crippen molar-refractivity contribution in [1.82, 2.24) is 0 Å². The van der Waals surface area contributed by atoms with Gasteiger partial charge in [-0.3, -0.25) is 0 Å². The first-order valence-corrected chi connectivity index (χ1v) is 10.5. The smallest absolute Gasteiger partial charge is 0.335 e. The van der Waals surface area contributed by atoms with Gasteiger partial charge in [0.15, 0.2) is 0 Å². The lowest BCUT2D eigenvalue weighted by atomic mass is 10.0. The summed E-state index contributed by atoms with van der Waals surface area (Å²) in [5, 5.41) is 23.5. The molecule has 0 aliphatic carbocycles. The Bertz CT molecular complexity index is 989. The zero-order valence-electron chi connectivity index (χ0n) is 16.7. The van der Waals surface area contributed by atoms with Crippen LogP contribution in [-0.2, 0) is 0 Å². The summed E-state index contributed by atoms with van der Waals surface area (Å²) < 4.78 is 0. The molecule has 5 heteroatoms. The van der Waals surface area contributed by atoms with Crippen molar-refractivity contribution in [2.75, 3.05) is 11.9 Å². The highest BCUT2D eigenvalue weighted by Crippen LogP contribution is 2.24. The average molecular weight is 424 g/mol. The van der Waals surface area contributed by atoms with Crippen molar-refractivity contribution in [3.05, 3.63) is 88.9 Å². The summed E-state index contributed by atoms with van der Waals surface area (Å²) in [5.41, 5.74) is 4.02. The number of carbonyl (C=O) groups is 1. The molecule has 0 aliphatic heterocycles. The highest BCUT2D eigenvalue weighted by atomic mass is 35.5. The quantitative estimate of drug-likeness (QED) is 0.329. The summed E-state index contributed by atoms with van der Waals surface area (Å²) in [6.07, 6.45) is 3.20. The number of anilines is 1. The van der Waals surface area contributed by atoms with Crippen LogP contribution in [0.3, 0.4) is 0 Å². The zero-order chi connectivity index (χ0) is 21.3. The van der Waals surface area contributed by atoms with Crippen LogP contribution >= 0.6 is 11.6 Å². The molecular weight excluding hydrogens is 398 g/mol. The Balaban J connectivity index is 1.44. The molecule has 3 aromatic rings. The number of aliphatic hydroxyl groups is 1. The van der Waals surface area contributed by atoms with Crippen molar-refractivity contribution in [3.63, 3.8) is 0 Å². The topological polar surface area (TPSA) is 69.6 Å². The van der Waals surface area contributed by atoms with Gasteiger partial charge >= 0.3 is 5.97 Å². The molecule has 156 valence electrons. The Morgan fingerprint density at radius 3 is 2.40 bits per heavy atom. The first kappa shape index (κ1) is 21.9. The summed E-state index contributed by atoms with van der Waals surface area (Å²) in [7, 11) is 0. The van der Waals surface area contributed by atoms with Crippen molar-refractivity contribution >= 4 is 23.3 Å². The number of carboxylic acid groups (broad SMARTS) is 1. The van der Waals surface area contributed by atoms with Crippen LogP contribution in [0.25, 0.3) is 11.1 Å². The fourth-order valence-corrected chi connectivity index (χ4v) is 3.59. The van der Waals surface area contributed by atoms with E-state index in [2.05, 4.69) is 5.32 Å². The molecule has 30 heavy (non-hydrogen) atoms. The summed E-state index contributed by atoms with van der Waals surface area (Å²) in [5.74, 6) is -0.924. The second kappa shape index (κ2) is 10.8. The number of hydrogen-bond donors (Lipinski definition) is 3. The molecule has 0 radical (unpaired) electrons. The molecule has 0 unspecified atom stereocenters. The number of aromatic carboxylic acids is 1. The third kappa shape index (κ3) is 6.34. The van der Waals surface area contributed by atoms with Crippen LogP contribution in [0.2, 0.25) is 5.02 Å². The van der Waals surface area contributed by atoms with Gasteiger partial charge in [-0.05, 0) is 65.9 Å². The summed E-state index contributed by atoms with van der Waals surface area (Å²) in [4.78, 5) is 11.2. The fraction of sp³-hybridized carbons (Fsp3) is 0.240. The van der Waals surface area contributed by atoms with E-state index in [0.717, 1.165) is 54.6 Å². The van der Waals surface area contributed by atoms with Crippen molar-refractivity contribution in [2.45, 2.75) is 31.8 Å². The summed E-state index contributed by atoms with van der Waals surface area (Å²) in [6, 6.07) is 22.3. The maximum atomic E-state index is 11.2. The molecule has 0 aliphatic rings. The Kier molecular flexibility index (Phi) is 7.89. The maximum Gasteiger partial charge on any atom is 0.335 e. The van der Waals surface area contributed by atoms with Gasteiger partial charge in [0.05, 0.1) is 11.7 Å². The molecule has 3 N–H and O–H groups in total. The van der Waals surface area contributed by atoms with E-state index in [1.807, 2.05) is 48.5 Å². The number of benzene rings is 3. The number of carboxylic acids is 1. The molecule has 0 fully saturated rings. The molecule has 0 saturated carbocycles. The Morgan fingerprint density at radius 2 is 1.63 bits per heavy atom. The lowest BCUT2D eigenvalue weighted by Crippen LogP contribution is -2.02. The van der Waals surface area contributed by atoms with Gasteiger partial charge in [-0.1, -0.05) is 60.8 Å². The monoisotopic (exact) mass is 423 g/mol. The van der Waals surface area contributed by atoms with Crippen LogP contribution in [0.5, 0.6) is 0 Å². The second-order valence-electron chi connectivity index (χ2n) is 7.31. The van der Waals surface area contributed by atoms with Crippen LogP contribution in [0, 0.1) is 0 Å². The lowest BCUT2D eigenvalue weighted by Gasteiger charge is -2.12. The van der Waals surface area contributed by atoms with E-state index in [1.165, 1.54) is 0 Å². The minimum atomic E-state index is -0.924. The van der Waals surface area contributed by atoms with Gasteiger partial charge in [0, 0.05) is 17.3 Å². The number of nitrogens with one attached hydrogen (secondary N) is 1. The van der Waals surface area contributed by atoms with E-state index in [-0.39, 0.29) is 5.56 Å². The minimum absolute atomic E-state index is 0.283. The van der Waals surface area contributed by atoms with E-state index in [0.29, 0.717) is 5.02 Å². The largest absolute Gasteiger partial charge is 0.478 e. The zero-order valence-corrected chi connectivity index (χ0v) is 17.5. The first-order valence-electron chi connectivity index (χ1n) is 10.1. The molecule has 0 aromatic heterocycles. The van der Waals surface area contributed by atoms with Crippen molar-refractivity contribution < 1.29 is 15.0 Å². The van der Waals surface area contributed by atoms with Crippen molar-refractivity contribution in [3.8, 4) is 11.1 Å². The van der Waals surface area contributed by atoms with Gasteiger partial charge in [-0.25, -0.2) is 4.79 Å². The van der Waals surface area contributed by atoms with Gasteiger partial charge in [-0.2, -0.15) is 0 Å². The summed E-state index contributed by atoms with van der Waals surface area (Å²) >= 11 is 5.98. The lowest BCUT2D eigenvalue weighted by molar-refractivity contribution is 0.0697. The Morgan fingerprint density at radius 1 is 0.900 bits per heavy atom. The van der Waals surface area contributed by atoms with Crippen molar-refractivity contribution in [1.29, 1.82) is 0 Å². The highest BCUT2D eigenvalue weighted by molar-refractivity contribution is 6.30. The Hall–Kier alpha value is -2.82. The molecule has 0 saturated heterocycles. The third-order valence-electron chi connectivity index (χ3n) is 5.02. The van der Waals surface area contributed by atoms with Crippen LogP contribution in [0.1, 0.15) is 47.7 Å². The van der Waals surface area contributed by atoms with Crippen molar-refractivity contribution in [2.24, 2.45) is 0 Å². The molecule has 0 spiro atoms. The summed E-state index contributed by atoms with van der Waals surface area (Å²) in [6.45, 7) is 0.839. The molecule has 4 nitrogen and oxygen atoms in total. The van der Waals surface area contributed by atoms with E-state index in [1.54, 1.807) is 24.3 Å². The molecular formula is C25H26ClNO3. The Labute approximate surface area is 182 Å². The predicted octanol–water partition coefficient (Wildman–Crippen LogP) is 6.41. The van der Waals surface area contributed by atoms with Gasteiger partial charge < -0.3 is 15.5 Å². The van der Waals surface area contributed by atoms with Gasteiger partial charge in [0.2, 0.25) is 0 Å². The van der Waals surface area contributed by atoms with Crippen LogP contribution in [0.15, 0.2) is 72.8 Å². The molecule has 0 amide bonds. The average Bonchev–Trinajstić information content (AvgIpc) is 2.76. The van der Waals surface area contributed by atoms with Crippen LogP contribution in [-0.4, -0.2) is 22.7 Å². The van der Waals surface area contributed by atoms with Crippen LogP contribution < -0.4 is 5.32 Å². The molecule has 3 rings (SSSR count). The number of halogens is 1. The van der Waals surface area contributed by atoms with Gasteiger partial charge in [0.1, 0.15) is 0 Å². The number of rotatable bonds is 10. The molecule has 1 atom stereocenters. The molecule has 0 bridgehead atoms. The van der Waals surface area contributed by atoms with Crippen LogP contribution in [0.4, 0.5) is 5.69 Å². The van der Waals surface area contributed by atoms with E-state index < -0.39 is 12.1 Å². The highest BCUT2D eigenvalue weighted by Gasteiger charge is 2.08. The maximum absolute atomic E-state index is 11.2. The SMILES string of the molecule is O=C(O)c1cccc(-c2cccc(NCCCCC[C@H](O)c3cccc(Cl)c3)c2)c1. The molecule has 0 heterocycles. The second-order valence-corrected chi connectivity index (χ2v) is 7.75. The van der Waals surface area contributed by atoms with E-state index in [4.69, 9.17) is 11.6 Å². The normalized spacial score (nSPS) is 11.8. The molecule has 3 aromatic carbocycles. The number of unbranched alkanes of at least 4 members (excludes halogenated alkanes) is 2. The predicted molar refractivity (Wildman–Crippen MR) is 122 cm³/mol. The van der Waals surface area contributed by atoms with E-state index in [9.17, 15) is 15.0 Å². The van der Waals surface area contributed by atoms with Gasteiger partial charge in [0.25, 0.3) is 0 Å². The minimum Gasteiger partial charge on any atom is -0.478 e. The number of hydrogen-bond acceptors (Lipinski definition) is 3. The third-order valence-corrected chi connectivity index (χ3v) is 5.26. The first-order chi connectivity index (χ1) is 14.5. The fourth-order valence-electron chi connectivity index (χ4n) is 3.39.